The van der Waals surface area contributed by atoms with Crippen molar-refractivity contribution in [2.45, 2.75) is 13.8 Å². The summed E-state index contributed by atoms with van der Waals surface area (Å²) < 4.78 is 5.20. The van der Waals surface area contributed by atoms with Gasteiger partial charge >= 0.3 is 0 Å². The number of aliphatic hydroxyl groups excluding tert-OH is 1. The number of rotatable bonds is 6. The van der Waals surface area contributed by atoms with Crippen molar-refractivity contribution < 1.29 is 14.6 Å². The molecule has 0 saturated carbocycles. The molecule has 100 valence electrons. The molecular weight excluding hydrogens is 256 g/mol. The number of carbonyl (C=O) groups is 1. The van der Waals surface area contributed by atoms with Gasteiger partial charge in [-0.2, -0.15) is 0 Å². The molecule has 1 aromatic heterocycles. The lowest BCUT2D eigenvalue weighted by Crippen LogP contribution is -2.33. The molecular formula is C12H17ClN2O3. The molecule has 1 rings (SSSR count). The smallest absolute Gasteiger partial charge is 0.255 e. The molecule has 1 amide bonds. The summed E-state index contributed by atoms with van der Waals surface area (Å²) in [5.41, 5.74) is 0.388. The summed E-state index contributed by atoms with van der Waals surface area (Å²) in [5.74, 6) is 0.116. The first kappa shape index (κ1) is 14.7. The van der Waals surface area contributed by atoms with E-state index in [0.717, 1.165) is 0 Å². The molecule has 0 aromatic carbocycles. The number of amides is 1. The van der Waals surface area contributed by atoms with Crippen LogP contribution in [0.2, 0.25) is 5.02 Å². The van der Waals surface area contributed by atoms with Gasteiger partial charge in [0.25, 0.3) is 5.91 Å². The second kappa shape index (κ2) is 7.18. The first-order chi connectivity index (χ1) is 8.63. The zero-order chi connectivity index (χ0) is 13.5. The molecule has 0 saturated heterocycles. The zero-order valence-corrected chi connectivity index (χ0v) is 11.3. The Morgan fingerprint density at radius 2 is 2.28 bits per heavy atom. The second-order valence-electron chi connectivity index (χ2n) is 3.55. The van der Waals surface area contributed by atoms with Gasteiger partial charge in [0, 0.05) is 19.3 Å². The van der Waals surface area contributed by atoms with Crippen LogP contribution in [0.4, 0.5) is 0 Å². The molecule has 18 heavy (non-hydrogen) atoms. The van der Waals surface area contributed by atoms with E-state index >= 15 is 0 Å². The lowest BCUT2D eigenvalue weighted by molar-refractivity contribution is 0.0731. The molecule has 5 nitrogen and oxygen atoms in total. The number of hydrogen-bond donors (Lipinski definition) is 1. The second-order valence-corrected chi connectivity index (χ2v) is 3.96. The number of halogens is 1. The van der Waals surface area contributed by atoms with Crippen molar-refractivity contribution in [1.29, 1.82) is 0 Å². The normalized spacial score (nSPS) is 10.2. The molecule has 6 heteroatoms. The quantitative estimate of drug-likeness (QED) is 0.854. The molecule has 1 heterocycles. The molecule has 0 aliphatic rings. The third-order valence-corrected chi connectivity index (χ3v) is 2.65. The van der Waals surface area contributed by atoms with Crippen LogP contribution in [-0.4, -0.2) is 47.2 Å². The van der Waals surface area contributed by atoms with Crippen LogP contribution >= 0.6 is 11.6 Å². The highest BCUT2D eigenvalue weighted by Gasteiger charge is 2.16. The van der Waals surface area contributed by atoms with E-state index in [1.54, 1.807) is 0 Å². The third-order valence-electron chi connectivity index (χ3n) is 2.37. The number of hydrogen-bond acceptors (Lipinski definition) is 4. The van der Waals surface area contributed by atoms with Crippen LogP contribution < -0.4 is 4.74 Å². The maximum Gasteiger partial charge on any atom is 0.255 e. The van der Waals surface area contributed by atoms with Gasteiger partial charge in [0.2, 0.25) is 5.88 Å². The molecule has 0 unspecified atom stereocenters. The Kier molecular flexibility index (Phi) is 5.88. The van der Waals surface area contributed by atoms with E-state index in [9.17, 15) is 4.79 Å². The van der Waals surface area contributed by atoms with Crippen molar-refractivity contribution >= 4 is 17.5 Å². The van der Waals surface area contributed by atoms with Crippen molar-refractivity contribution in [3.8, 4) is 5.88 Å². The fraction of sp³-hybridized carbons (Fsp3) is 0.500. The third kappa shape index (κ3) is 3.58. The van der Waals surface area contributed by atoms with E-state index in [4.69, 9.17) is 21.4 Å². The summed E-state index contributed by atoms with van der Waals surface area (Å²) in [6, 6.07) is 1.53. The standard InChI is InChI=1S/C12H17ClN2O3/c1-3-15(5-6-16)12(17)9-7-10(13)11(14-8-9)18-4-2/h7-8,16H,3-6H2,1-2H3. The van der Waals surface area contributed by atoms with Crippen molar-refractivity contribution in [2.24, 2.45) is 0 Å². The Balaban J connectivity index is 2.89. The average Bonchev–Trinajstić information content (AvgIpc) is 2.37. The highest BCUT2D eigenvalue weighted by atomic mass is 35.5. The average molecular weight is 273 g/mol. The highest BCUT2D eigenvalue weighted by molar-refractivity contribution is 6.32. The van der Waals surface area contributed by atoms with Crippen LogP contribution in [0.25, 0.3) is 0 Å². The SMILES string of the molecule is CCOc1ncc(C(=O)N(CC)CCO)cc1Cl. The minimum Gasteiger partial charge on any atom is -0.477 e. The van der Waals surface area contributed by atoms with Gasteiger partial charge in [-0.3, -0.25) is 4.79 Å². The summed E-state index contributed by atoms with van der Waals surface area (Å²) in [4.78, 5) is 17.6. The minimum absolute atomic E-state index is 0.0717. The number of nitrogens with zero attached hydrogens (tertiary/aromatic N) is 2. The van der Waals surface area contributed by atoms with Crippen LogP contribution in [0.3, 0.4) is 0 Å². The molecule has 0 radical (unpaired) electrons. The molecule has 1 N–H and O–H groups in total. The Bertz CT molecular complexity index is 412. The lowest BCUT2D eigenvalue weighted by Gasteiger charge is -2.19. The summed E-state index contributed by atoms with van der Waals surface area (Å²) >= 11 is 5.97. The predicted molar refractivity (Wildman–Crippen MR) is 69.1 cm³/mol. The number of aromatic nitrogens is 1. The summed E-state index contributed by atoms with van der Waals surface area (Å²) in [7, 11) is 0. The number of pyridine rings is 1. The first-order valence-electron chi connectivity index (χ1n) is 5.82. The van der Waals surface area contributed by atoms with Gasteiger partial charge in [0.15, 0.2) is 0 Å². The van der Waals surface area contributed by atoms with Gasteiger partial charge < -0.3 is 14.7 Å². The molecule has 0 fully saturated rings. The predicted octanol–water partition coefficient (Wildman–Crippen LogP) is 1.59. The van der Waals surface area contributed by atoms with E-state index in [1.165, 1.54) is 17.2 Å². The summed E-state index contributed by atoms with van der Waals surface area (Å²) in [6.07, 6.45) is 1.43. The van der Waals surface area contributed by atoms with Gasteiger partial charge in [-0.05, 0) is 19.9 Å². The van der Waals surface area contributed by atoms with Gasteiger partial charge in [-0.15, -0.1) is 0 Å². The van der Waals surface area contributed by atoms with Crippen molar-refractivity contribution in [2.75, 3.05) is 26.3 Å². The monoisotopic (exact) mass is 272 g/mol. The van der Waals surface area contributed by atoms with Gasteiger partial charge in [-0.25, -0.2) is 4.98 Å². The fourth-order valence-corrected chi connectivity index (χ4v) is 1.71. The number of ether oxygens (including phenoxy) is 1. The lowest BCUT2D eigenvalue weighted by atomic mass is 10.2. The molecule has 0 aliphatic heterocycles. The Morgan fingerprint density at radius 1 is 1.56 bits per heavy atom. The van der Waals surface area contributed by atoms with E-state index in [0.29, 0.717) is 36.2 Å². The zero-order valence-electron chi connectivity index (χ0n) is 10.5. The first-order valence-corrected chi connectivity index (χ1v) is 6.20. The minimum atomic E-state index is -0.205. The molecule has 1 aromatic rings. The topological polar surface area (TPSA) is 62.7 Å². The van der Waals surface area contributed by atoms with Crippen molar-refractivity contribution in [3.05, 3.63) is 22.8 Å². The number of aliphatic hydroxyl groups is 1. The number of carbonyl (C=O) groups excluding carboxylic acids is 1. The Hall–Kier alpha value is -1.33. The van der Waals surface area contributed by atoms with Crippen molar-refractivity contribution in [1.82, 2.24) is 9.88 Å². The van der Waals surface area contributed by atoms with Gasteiger partial charge in [-0.1, -0.05) is 11.6 Å². The summed E-state index contributed by atoms with van der Waals surface area (Å²) in [6.45, 7) is 4.88. The Morgan fingerprint density at radius 3 is 2.78 bits per heavy atom. The van der Waals surface area contributed by atoms with Crippen LogP contribution in [0, 0.1) is 0 Å². The van der Waals surface area contributed by atoms with Crippen LogP contribution in [0.5, 0.6) is 5.88 Å². The highest BCUT2D eigenvalue weighted by Crippen LogP contribution is 2.22. The van der Waals surface area contributed by atoms with E-state index < -0.39 is 0 Å². The van der Waals surface area contributed by atoms with Crippen LogP contribution in [0.1, 0.15) is 24.2 Å². The fourth-order valence-electron chi connectivity index (χ4n) is 1.49. The molecule has 0 bridgehead atoms. The molecule has 0 aliphatic carbocycles. The van der Waals surface area contributed by atoms with Crippen LogP contribution in [0.15, 0.2) is 12.3 Å². The maximum atomic E-state index is 12.1. The van der Waals surface area contributed by atoms with Crippen LogP contribution in [-0.2, 0) is 0 Å². The van der Waals surface area contributed by atoms with E-state index in [-0.39, 0.29) is 12.5 Å². The number of likely N-dealkylation sites (N-methyl/N-ethyl adjacent to an activating group) is 1. The molecule has 0 spiro atoms. The van der Waals surface area contributed by atoms with Gasteiger partial charge in [0.05, 0.1) is 18.8 Å². The molecule has 0 atom stereocenters. The summed E-state index contributed by atoms with van der Waals surface area (Å²) in [5, 5.41) is 9.18. The van der Waals surface area contributed by atoms with Crippen molar-refractivity contribution in [3.63, 3.8) is 0 Å². The van der Waals surface area contributed by atoms with E-state index in [1.807, 2.05) is 13.8 Å². The largest absolute Gasteiger partial charge is 0.477 e. The maximum absolute atomic E-state index is 12.1. The van der Waals surface area contributed by atoms with Gasteiger partial charge in [0.1, 0.15) is 5.02 Å². The Labute approximate surface area is 111 Å². The van der Waals surface area contributed by atoms with E-state index in [2.05, 4.69) is 4.98 Å².